The number of aromatic nitrogens is 1. The van der Waals surface area contributed by atoms with Crippen LogP contribution in [-0.2, 0) is 13.6 Å². The molecule has 2 heterocycles. The highest BCUT2D eigenvalue weighted by molar-refractivity contribution is 9.11. The normalized spacial score (nSPS) is 16.6. The molecule has 1 atom stereocenters. The SMILES string of the molecule is CCOP(=O)(OCC)C(c1cc(Br)cc(Br)c1O)N1CCN(c2ccccn2)CC1. The third kappa shape index (κ3) is 5.26. The highest BCUT2D eigenvalue weighted by atomic mass is 79.9. The maximum Gasteiger partial charge on any atom is 0.352 e. The second kappa shape index (κ2) is 10.6. The van der Waals surface area contributed by atoms with Crippen molar-refractivity contribution in [2.75, 3.05) is 44.3 Å². The van der Waals surface area contributed by atoms with Crippen LogP contribution in [0.25, 0.3) is 0 Å². The van der Waals surface area contributed by atoms with E-state index in [0.717, 1.165) is 10.3 Å². The van der Waals surface area contributed by atoms with E-state index in [-0.39, 0.29) is 19.0 Å². The first-order chi connectivity index (χ1) is 14.4. The Morgan fingerprint density at radius 2 is 1.80 bits per heavy atom. The van der Waals surface area contributed by atoms with Gasteiger partial charge in [-0.1, -0.05) is 22.0 Å². The molecule has 0 saturated carbocycles. The number of hydrogen-bond acceptors (Lipinski definition) is 7. The fourth-order valence-corrected chi connectivity index (χ4v) is 7.13. The summed E-state index contributed by atoms with van der Waals surface area (Å²) in [5, 5.41) is 10.8. The van der Waals surface area contributed by atoms with Gasteiger partial charge in [-0.15, -0.1) is 0 Å². The van der Waals surface area contributed by atoms with Crippen LogP contribution in [0.15, 0.2) is 45.5 Å². The summed E-state index contributed by atoms with van der Waals surface area (Å²) < 4.78 is 26.6. The quantitative estimate of drug-likeness (QED) is 0.432. The molecule has 1 fully saturated rings. The molecule has 7 nitrogen and oxygen atoms in total. The van der Waals surface area contributed by atoms with Gasteiger partial charge in [0.05, 0.1) is 17.7 Å². The highest BCUT2D eigenvalue weighted by Gasteiger charge is 2.44. The predicted molar refractivity (Wildman–Crippen MR) is 125 cm³/mol. The predicted octanol–water partition coefficient (Wildman–Crippen LogP) is 5.40. The zero-order valence-electron chi connectivity index (χ0n) is 17.0. The Balaban J connectivity index is 1.96. The van der Waals surface area contributed by atoms with Crippen LogP contribution in [0, 0.1) is 0 Å². The van der Waals surface area contributed by atoms with Crippen LogP contribution in [0.3, 0.4) is 0 Å². The summed E-state index contributed by atoms with van der Waals surface area (Å²) in [7, 11) is -3.59. The van der Waals surface area contributed by atoms with Crippen molar-refractivity contribution < 1.29 is 18.7 Å². The molecule has 1 aliphatic heterocycles. The van der Waals surface area contributed by atoms with Crippen LogP contribution in [0.5, 0.6) is 5.75 Å². The third-order valence-electron chi connectivity index (χ3n) is 4.89. The number of phenolic OH excluding ortho intramolecular Hbond substituents is 1. The topological polar surface area (TPSA) is 75.1 Å². The molecule has 1 unspecified atom stereocenters. The molecule has 1 saturated heterocycles. The molecular formula is C20H26Br2N3O4P. The number of nitrogens with zero attached hydrogens (tertiary/aromatic N) is 3. The molecular weight excluding hydrogens is 537 g/mol. The summed E-state index contributed by atoms with van der Waals surface area (Å²) in [5.74, 6) is 0.228. The van der Waals surface area contributed by atoms with Gasteiger partial charge in [-0.3, -0.25) is 9.46 Å². The molecule has 1 N–H and O–H groups in total. The van der Waals surface area contributed by atoms with Crippen molar-refractivity contribution in [1.82, 2.24) is 9.88 Å². The Hall–Kier alpha value is -0.960. The molecule has 0 radical (unpaired) electrons. The number of rotatable bonds is 8. The summed E-state index contributed by atoms with van der Waals surface area (Å²) >= 11 is 6.86. The summed E-state index contributed by atoms with van der Waals surface area (Å²) in [5.41, 5.74) is 0.507. The minimum atomic E-state index is -3.59. The smallest absolute Gasteiger partial charge is 0.352 e. The molecule has 0 spiro atoms. The van der Waals surface area contributed by atoms with Crippen LogP contribution in [0.4, 0.5) is 5.82 Å². The molecule has 30 heavy (non-hydrogen) atoms. The minimum absolute atomic E-state index is 0.0370. The van der Waals surface area contributed by atoms with E-state index in [2.05, 4.69) is 46.6 Å². The Labute approximate surface area is 194 Å². The standard InChI is InChI=1S/C20H26Br2N3O4P/c1-3-28-30(27,29-4-2)20(16-13-15(21)14-17(22)19(16)26)25-11-9-24(10-12-25)18-7-5-6-8-23-18/h5-8,13-14,20,26H,3-4,9-12H2,1-2H3. The second-order valence-corrected chi connectivity index (χ2v) is 10.6. The Kier molecular flexibility index (Phi) is 8.35. The van der Waals surface area contributed by atoms with Crippen molar-refractivity contribution in [3.8, 4) is 5.75 Å². The van der Waals surface area contributed by atoms with Gasteiger partial charge in [0.2, 0.25) is 0 Å². The van der Waals surface area contributed by atoms with E-state index in [1.54, 1.807) is 32.2 Å². The van der Waals surface area contributed by atoms with E-state index in [1.165, 1.54) is 0 Å². The average Bonchev–Trinajstić information content (AvgIpc) is 2.73. The fourth-order valence-electron chi connectivity index (χ4n) is 3.62. The lowest BCUT2D eigenvalue weighted by Gasteiger charge is -2.41. The minimum Gasteiger partial charge on any atom is -0.506 e. The van der Waals surface area contributed by atoms with Gasteiger partial charge in [-0.05, 0) is 54.0 Å². The van der Waals surface area contributed by atoms with E-state index in [4.69, 9.17) is 9.05 Å². The second-order valence-electron chi connectivity index (χ2n) is 6.79. The molecule has 1 aromatic carbocycles. The van der Waals surface area contributed by atoms with Gasteiger partial charge in [-0.2, -0.15) is 0 Å². The first-order valence-electron chi connectivity index (χ1n) is 9.86. The number of piperazine rings is 1. The van der Waals surface area contributed by atoms with Gasteiger partial charge in [0.15, 0.2) is 0 Å². The van der Waals surface area contributed by atoms with Crippen LogP contribution in [0.2, 0.25) is 0 Å². The maximum atomic E-state index is 13.9. The molecule has 1 aromatic heterocycles. The zero-order valence-corrected chi connectivity index (χ0v) is 21.1. The molecule has 1 aliphatic rings. The molecule has 0 bridgehead atoms. The lowest BCUT2D eigenvalue weighted by molar-refractivity contribution is 0.156. The van der Waals surface area contributed by atoms with E-state index in [9.17, 15) is 9.67 Å². The van der Waals surface area contributed by atoms with E-state index < -0.39 is 13.4 Å². The number of halogens is 2. The van der Waals surface area contributed by atoms with Gasteiger partial charge in [0.25, 0.3) is 0 Å². The molecule has 3 rings (SSSR count). The first-order valence-corrected chi connectivity index (χ1v) is 13.1. The fraction of sp³-hybridized carbons (Fsp3) is 0.450. The molecule has 0 amide bonds. The maximum absolute atomic E-state index is 13.9. The van der Waals surface area contributed by atoms with Crippen LogP contribution < -0.4 is 4.90 Å². The Morgan fingerprint density at radius 1 is 1.13 bits per heavy atom. The monoisotopic (exact) mass is 561 g/mol. The molecule has 164 valence electrons. The van der Waals surface area contributed by atoms with E-state index >= 15 is 0 Å². The van der Waals surface area contributed by atoms with Crippen LogP contribution in [0.1, 0.15) is 25.2 Å². The van der Waals surface area contributed by atoms with E-state index in [1.807, 2.05) is 18.2 Å². The molecule has 0 aliphatic carbocycles. The van der Waals surface area contributed by atoms with Crippen LogP contribution >= 0.6 is 39.5 Å². The molecule has 2 aromatic rings. The summed E-state index contributed by atoms with van der Waals surface area (Å²) in [6, 6.07) is 9.37. The van der Waals surface area contributed by atoms with Crippen molar-refractivity contribution in [2.24, 2.45) is 0 Å². The van der Waals surface area contributed by atoms with Crippen molar-refractivity contribution in [3.63, 3.8) is 0 Å². The van der Waals surface area contributed by atoms with Gasteiger partial charge >= 0.3 is 7.60 Å². The van der Waals surface area contributed by atoms with Crippen molar-refractivity contribution >= 4 is 45.3 Å². The largest absolute Gasteiger partial charge is 0.506 e. The zero-order chi connectivity index (χ0) is 21.7. The average molecular weight is 563 g/mol. The highest BCUT2D eigenvalue weighted by Crippen LogP contribution is 2.64. The lowest BCUT2D eigenvalue weighted by atomic mass is 10.1. The summed E-state index contributed by atoms with van der Waals surface area (Å²) in [6.45, 7) is 6.74. The van der Waals surface area contributed by atoms with Crippen molar-refractivity contribution in [2.45, 2.75) is 19.6 Å². The summed E-state index contributed by atoms with van der Waals surface area (Å²) in [6.07, 6.45) is 1.78. The van der Waals surface area contributed by atoms with Gasteiger partial charge in [0, 0.05) is 42.4 Å². The number of benzene rings is 1. The summed E-state index contributed by atoms with van der Waals surface area (Å²) in [4.78, 5) is 8.69. The van der Waals surface area contributed by atoms with Crippen LogP contribution in [-0.4, -0.2) is 54.4 Å². The van der Waals surface area contributed by atoms with Gasteiger partial charge < -0.3 is 19.1 Å². The van der Waals surface area contributed by atoms with Gasteiger partial charge in [-0.25, -0.2) is 4.98 Å². The van der Waals surface area contributed by atoms with E-state index in [0.29, 0.717) is 36.2 Å². The Bertz CT molecular complexity index is 885. The van der Waals surface area contributed by atoms with Crippen molar-refractivity contribution in [1.29, 1.82) is 0 Å². The van der Waals surface area contributed by atoms with Crippen molar-refractivity contribution in [3.05, 3.63) is 51.0 Å². The number of pyridine rings is 1. The Morgan fingerprint density at radius 3 is 2.37 bits per heavy atom. The molecule has 10 heteroatoms. The lowest BCUT2D eigenvalue weighted by Crippen LogP contribution is -2.48. The third-order valence-corrected chi connectivity index (χ3v) is 8.39. The first kappa shape index (κ1) is 23.7. The number of hydrogen-bond donors (Lipinski definition) is 1. The number of phenols is 1. The number of aromatic hydroxyl groups is 1. The number of anilines is 1. The van der Waals surface area contributed by atoms with Gasteiger partial charge in [0.1, 0.15) is 17.4 Å².